The first-order valence-electron chi connectivity index (χ1n) is 5.91. The summed E-state index contributed by atoms with van der Waals surface area (Å²) in [6, 6.07) is 4.22. The molecule has 0 spiro atoms. The standard InChI is InChI=1S/C13H16Cl2FNO/c1-2-3-8-17(9-7-14)13(18)12-10(15)5-4-6-11(12)16/h4-6H,2-3,7-9H2,1H3. The Balaban J connectivity index is 2.94. The van der Waals surface area contributed by atoms with Gasteiger partial charge >= 0.3 is 0 Å². The van der Waals surface area contributed by atoms with Gasteiger partial charge in [0.2, 0.25) is 0 Å². The first-order valence-corrected chi connectivity index (χ1v) is 6.82. The number of amides is 1. The van der Waals surface area contributed by atoms with Crippen molar-refractivity contribution in [3.05, 3.63) is 34.6 Å². The number of benzene rings is 1. The molecule has 0 aliphatic heterocycles. The van der Waals surface area contributed by atoms with Crippen LogP contribution in [0.5, 0.6) is 0 Å². The highest BCUT2D eigenvalue weighted by molar-refractivity contribution is 6.33. The molecule has 0 saturated carbocycles. The second-order valence-electron chi connectivity index (χ2n) is 3.93. The molecule has 100 valence electrons. The van der Waals surface area contributed by atoms with Gasteiger partial charge in [-0.05, 0) is 18.6 Å². The second-order valence-corrected chi connectivity index (χ2v) is 4.72. The van der Waals surface area contributed by atoms with Crippen LogP contribution in [0.2, 0.25) is 5.02 Å². The molecule has 0 radical (unpaired) electrons. The highest BCUT2D eigenvalue weighted by Crippen LogP contribution is 2.21. The molecule has 1 aromatic rings. The van der Waals surface area contributed by atoms with E-state index >= 15 is 0 Å². The Kier molecular flexibility index (Phi) is 6.44. The van der Waals surface area contributed by atoms with E-state index in [0.717, 1.165) is 12.8 Å². The lowest BCUT2D eigenvalue weighted by atomic mass is 10.1. The van der Waals surface area contributed by atoms with Crippen molar-refractivity contribution in [2.75, 3.05) is 19.0 Å². The molecule has 0 unspecified atom stereocenters. The highest BCUT2D eigenvalue weighted by atomic mass is 35.5. The maximum absolute atomic E-state index is 13.7. The van der Waals surface area contributed by atoms with Crippen molar-refractivity contribution >= 4 is 29.1 Å². The Bertz CT molecular complexity index is 392. The van der Waals surface area contributed by atoms with Crippen molar-refractivity contribution < 1.29 is 9.18 Å². The molecule has 5 heteroatoms. The average Bonchev–Trinajstić information content (AvgIpc) is 2.34. The minimum atomic E-state index is -0.594. The molecule has 0 atom stereocenters. The van der Waals surface area contributed by atoms with Crippen molar-refractivity contribution in [1.82, 2.24) is 4.90 Å². The van der Waals surface area contributed by atoms with E-state index in [1.807, 2.05) is 6.92 Å². The molecule has 0 saturated heterocycles. The van der Waals surface area contributed by atoms with Crippen LogP contribution >= 0.6 is 23.2 Å². The summed E-state index contributed by atoms with van der Waals surface area (Å²) in [5.41, 5.74) is -0.0691. The van der Waals surface area contributed by atoms with Gasteiger partial charge in [0.1, 0.15) is 5.82 Å². The van der Waals surface area contributed by atoms with Gasteiger partial charge in [-0.1, -0.05) is 31.0 Å². The lowest BCUT2D eigenvalue weighted by Crippen LogP contribution is -2.34. The summed E-state index contributed by atoms with van der Waals surface area (Å²) in [7, 11) is 0. The molecule has 0 aliphatic carbocycles. The molecule has 1 aromatic carbocycles. The van der Waals surface area contributed by atoms with E-state index in [1.54, 1.807) is 4.90 Å². The summed E-state index contributed by atoms with van der Waals surface area (Å²) in [5, 5.41) is 0.135. The highest BCUT2D eigenvalue weighted by Gasteiger charge is 2.21. The third-order valence-electron chi connectivity index (χ3n) is 2.60. The zero-order chi connectivity index (χ0) is 13.5. The van der Waals surface area contributed by atoms with Crippen LogP contribution in [-0.2, 0) is 0 Å². The van der Waals surface area contributed by atoms with E-state index in [-0.39, 0.29) is 10.6 Å². The Morgan fingerprint density at radius 3 is 2.67 bits per heavy atom. The summed E-state index contributed by atoms with van der Waals surface area (Å²) >= 11 is 11.5. The van der Waals surface area contributed by atoms with E-state index < -0.39 is 11.7 Å². The third-order valence-corrected chi connectivity index (χ3v) is 3.08. The van der Waals surface area contributed by atoms with Crippen LogP contribution < -0.4 is 0 Å². The van der Waals surface area contributed by atoms with Crippen LogP contribution in [0, 0.1) is 5.82 Å². The lowest BCUT2D eigenvalue weighted by molar-refractivity contribution is 0.0759. The van der Waals surface area contributed by atoms with Crippen LogP contribution in [-0.4, -0.2) is 29.8 Å². The predicted octanol–water partition coefficient (Wildman–Crippen LogP) is 3.96. The average molecular weight is 292 g/mol. The summed E-state index contributed by atoms with van der Waals surface area (Å²) in [6.07, 6.45) is 1.81. The van der Waals surface area contributed by atoms with E-state index in [2.05, 4.69) is 0 Å². The molecular weight excluding hydrogens is 276 g/mol. The SMILES string of the molecule is CCCCN(CCCl)C(=O)c1c(F)cccc1Cl. The largest absolute Gasteiger partial charge is 0.337 e. The number of carbonyl (C=O) groups excluding carboxylic acids is 1. The molecule has 0 N–H and O–H groups in total. The zero-order valence-electron chi connectivity index (χ0n) is 10.3. The van der Waals surface area contributed by atoms with Crippen LogP contribution in [0.1, 0.15) is 30.1 Å². The Labute approximate surface area is 117 Å². The first kappa shape index (κ1) is 15.3. The maximum atomic E-state index is 13.7. The van der Waals surface area contributed by atoms with E-state index in [1.165, 1.54) is 18.2 Å². The van der Waals surface area contributed by atoms with Gasteiger partial charge in [0.25, 0.3) is 5.91 Å². The summed E-state index contributed by atoms with van der Waals surface area (Å²) in [4.78, 5) is 13.8. The van der Waals surface area contributed by atoms with E-state index in [0.29, 0.717) is 19.0 Å². The second kappa shape index (κ2) is 7.59. The van der Waals surface area contributed by atoms with Gasteiger partial charge in [0.05, 0.1) is 10.6 Å². The molecular formula is C13H16Cl2FNO. The van der Waals surface area contributed by atoms with Gasteiger partial charge in [-0.2, -0.15) is 0 Å². The fourth-order valence-corrected chi connectivity index (χ4v) is 2.07. The number of alkyl halides is 1. The van der Waals surface area contributed by atoms with Crippen molar-refractivity contribution in [1.29, 1.82) is 0 Å². The molecule has 0 aliphatic rings. The first-order chi connectivity index (χ1) is 8.61. The van der Waals surface area contributed by atoms with Crippen molar-refractivity contribution in [2.45, 2.75) is 19.8 Å². The summed E-state index contributed by atoms with van der Waals surface area (Å²) in [5.74, 6) is -0.669. The molecule has 0 aromatic heterocycles. The molecule has 1 amide bonds. The normalized spacial score (nSPS) is 10.4. The molecule has 0 heterocycles. The third kappa shape index (κ3) is 3.85. The quantitative estimate of drug-likeness (QED) is 0.727. The molecule has 0 bridgehead atoms. The van der Waals surface area contributed by atoms with Crippen LogP contribution in [0.25, 0.3) is 0 Å². The fraction of sp³-hybridized carbons (Fsp3) is 0.462. The van der Waals surface area contributed by atoms with Gasteiger partial charge in [-0.3, -0.25) is 4.79 Å². The van der Waals surface area contributed by atoms with Gasteiger partial charge in [0, 0.05) is 19.0 Å². The van der Waals surface area contributed by atoms with E-state index in [9.17, 15) is 9.18 Å². The van der Waals surface area contributed by atoms with Gasteiger partial charge < -0.3 is 4.90 Å². The minimum absolute atomic E-state index is 0.0691. The number of unbranched alkanes of at least 4 members (excludes halogenated alkanes) is 1. The summed E-state index contributed by atoms with van der Waals surface area (Å²) in [6.45, 7) is 2.98. The number of hydrogen-bond acceptors (Lipinski definition) is 1. The minimum Gasteiger partial charge on any atom is -0.337 e. The van der Waals surface area contributed by atoms with Gasteiger partial charge in [0.15, 0.2) is 0 Å². The maximum Gasteiger partial charge on any atom is 0.258 e. The Morgan fingerprint density at radius 2 is 2.11 bits per heavy atom. The van der Waals surface area contributed by atoms with Crippen molar-refractivity contribution in [2.24, 2.45) is 0 Å². The number of halogens is 3. The van der Waals surface area contributed by atoms with Crippen molar-refractivity contribution in [3.8, 4) is 0 Å². The van der Waals surface area contributed by atoms with E-state index in [4.69, 9.17) is 23.2 Å². The lowest BCUT2D eigenvalue weighted by Gasteiger charge is -2.22. The molecule has 0 fully saturated rings. The number of hydrogen-bond donors (Lipinski definition) is 0. The Morgan fingerprint density at radius 1 is 1.39 bits per heavy atom. The van der Waals surface area contributed by atoms with Crippen LogP contribution in [0.3, 0.4) is 0 Å². The molecule has 1 rings (SSSR count). The van der Waals surface area contributed by atoms with Gasteiger partial charge in [-0.15, -0.1) is 11.6 Å². The van der Waals surface area contributed by atoms with Crippen LogP contribution in [0.15, 0.2) is 18.2 Å². The fourth-order valence-electron chi connectivity index (χ4n) is 1.63. The van der Waals surface area contributed by atoms with Crippen LogP contribution in [0.4, 0.5) is 4.39 Å². The topological polar surface area (TPSA) is 20.3 Å². The smallest absolute Gasteiger partial charge is 0.258 e. The zero-order valence-corrected chi connectivity index (χ0v) is 11.8. The number of rotatable bonds is 6. The summed E-state index contributed by atoms with van der Waals surface area (Å²) < 4.78 is 13.7. The molecule has 2 nitrogen and oxygen atoms in total. The monoisotopic (exact) mass is 291 g/mol. The predicted molar refractivity (Wildman–Crippen MR) is 72.9 cm³/mol. The number of nitrogens with zero attached hydrogens (tertiary/aromatic N) is 1. The van der Waals surface area contributed by atoms with Crippen molar-refractivity contribution in [3.63, 3.8) is 0 Å². The van der Waals surface area contributed by atoms with Gasteiger partial charge in [-0.25, -0.2) is 4.39 Å². The molecule has 18 heavy (non-hydrogen) atoms. The number of carbonyl (C=O) groups is 1. The Hall–Kier alpha value is -0.800.